The number of rotatable bonds is 5. The van der Waals surface area contributed by atoms with E-state index in [1.165, 1.54) is 10.6 Å². The van der Waals surface area contributed by atoms with Crippen LogP contribution < -0.4 is 10.6 Å². The van der Waals surface area contributed by atoms with Crippen molar-refractivity contribution in [1.82, 2.24) is 0 Å². The molecule has 0 fully saturated rings. The fraction of sp³-hybridized carbons (Fsp3) is 0.667. The van der Waals surface area contributed by atoms with E-state index in [1.807, 2.05) is 11.3 Å². The summed E-state index contributed by atoms with van der Waals surface area (Å²) >= 11 is 1.81. The largest absolute Gasteiger partial charge is 0.366 e. The smallest absolute Gasteiger partial charge is 0.0935 e. The lowest BCUT2D eigenvalue weighted by molar-refractivity contribution is 0.351. The topological polar surface area (TPSA) is 29.3 Å². The Hall–Kier alpha value is -0.540. The molecule has 0 unspecified atom stereocenters. The SMILES string of the molecule is Cc1ccsc1N(C)CCC(C)(C)CN. The lowest BCUT2D eigenvalue weighted by atomic mass is 9.89. The summed E-state index contributed by atoms with van der Waals surface area (Å²) in [5, 5.41) is 3.53. The molecule has 0 atom stereocenters. The molecule has 2 N–H and O–H groups in total. The third-order valence-electron chi connectivity index (χ3n) is 2.86. The summed E-state index contributed by atoms with van der Waals surface area (Å²) in [6.45, 7) is 8.44. The fourth-order valence-corrected chi connectivity index (χ4v) is 2.36. The Kier molecular flexibility index (Phi) is 4.17. The minimum atomic E-state index is 0.249. The minimum absolute atomic E-state index is 0.249. The molecule has 0 amide bonds. The van der Waals surface area contributed by atoms with Crippen LogP contribution in [-0.2, 0) is 0 Å². The predicted octanol–water partition coefficient (Wildman–Crippen LogP) is 2.87. The van der Waals surface area contributed by atoms with Gasteiger partial charge in [-0.05, 0) is 42.3 Å². The van der Waals surface area contributed by atoms with Crippen molar-refractivity contribution in [3.05, 3.63) is 17.0 Å². The van der Waals surface area contributed by atoms with Gasteiger partial charge < -0.3 is 10.6 Å². The van der Waals surface area contributed by atoms with Crippen molar-refractivity contribution >= 4 is 16.3 Å². The highest BCUT2D eigenvalue weighted by Gasteiger charge is 2.16. The average Bonchev–Trinajstić information content (AvgIpc) is 2.61. The Labute approximate surface area is 97.1 Å². The van der Waals surface area contributed by atoms with Gasteiger partial charge in [0.1, 0.15) is 0 Å². The summed E-state index contributed by atoms with van der Waals surface area (Å²) in [6, 6.07) is 2.17. The van der Waals surface area contributed by atoms with Crippen LogP contribution in [0.2, 0.25) is 0 Å². The second kappa shape index (κ2) is 4.99. The van der Waals surface area contributed by atoms with E-state index in [4.69, 9.17) is 5.73 Å². The molecule has 0 bridgehead atoms. The van der Waals surface area contributed by atoms with Gasteiger partial charge >= 0.3 is 0 Å². The van der Waals surface area contributed by atoms with Crippen LogP contribution in [0.5, 0.6) is 0 Å². The molecule has 15 heavy (non-hydrogen) atoms. The number of hydrogen-bond donors (Lipinski definition) is 1. The van der Waals surface area contributed by atoms with Crippen LogP contribution in [0.15, 0.2) is 11.4 Å². The second-order valence-electron chi connectivity index (χ2n) is 4.95. The lowest BCUT2D eigenvalue weighted by Gasteiger charge is -2.26. The third kappa shape index (κ3) is 3.50. The Morgan fingerprint density at radius 3 is 2.60 bits per heavy atom. The Bertz CT molecular complexity index is 304. The molecule has 3 heteroatoms. The first-order valence-corrected chi connectivity index (χ1v) is 6.29. The zero-order valence-corrected chi connectivity index (χ0v) is 11.0. The first kappa shape index (κ1) is 12.5. The van der Waals surface area contributed by atoms with Crippen LogP contribution in [0, 0.1) is 12.3 Å². The molecule has 0 saturated carbocycles. The van der Waals surface area contributed by atoms with Crippen LogP contribution in [-0.4, -0.2) is 20.1 Å². The maximum absolute atomic E-state index is 5.73. The van der Waals surface area contributed by atoms with Crippen molar-refractivity contribution in [1.29, 1.82) is 0 Å². The molecule has 0 aromatic carbocycles. The molecule has 0 aliphatic heterocycles. The molecule has 1 rings (SSSR count). The van der Waals surface area contributed by atoms with E-state index in [1.54, 1.807) is 0 Å². The van der Waals surface area contributed by atoms with Gasteiger partial charge in [0.2, 0.25) is 0 Å². The summed E-state index contributed by atoms with van der Waals surface area (Å²) in [7, 11) is 2.16. The highest BCUT2D eigenvalue weighted by atomic mass is 32.1. The molecule has 0 radical (unpaired) electrons. The van der Waals surface area contributed by atoms with E-state index in [2.05, 4.69) is 44.2 Å². The summed E-state index contributed by atoms with van der Waals surface area (Å²) in [5.74, 6) is 0. The molecule has 86 valence electrons. The van der Waals surface area contributed by atoms with Gasteiger partial charge in [-0.25, -0.2) is 0 Å². The van der Waals surface area contributed by atoms with E-state index in [-0.39, 0.29) is 5.41 Å². The number of aryl methyl sites for hydroxylation is 1. The van der Waals surface area contributed by atoms with Gasteiger partial charge in [0.05, 0.1) is 5.00 Å². The maximum atomic E-state index is 5.73. The normalized spacial score (nSPS) is 11.8. The van der Waals surface area contributed by atoms with Crippen LogP contribution in [0.4, 0.5) is 5.00 Å². The predicted molar refractivity (Wildman–Crippen MR) is 69.8 cm³/mol. The van der Waals surface area contributed by atoms with Crippen molar-refractivity contribution < 1.29 is 0 Å². The molecular weight excluding hydrogens is 204 g/mol. The van der Waals surface area contributed by atoms with Crippen molar-refractivity contribution in [2.75, 3.05) is 25.0 Å². The van der Waals surface area contributed by atoms with Crippen molar-refractivity contribution in [2.45, 2.75) is 27.2 Å². The van der Waals surface area contributed by atoms with Crippen LogP contribution >= 0.6 is 11.3 Å². The van der Waals surface area contributed by atoms with E-state index >= 15 is 0 Å². The zero-order valence-electron chi connectivity index (χ0n) is 10.2. The van der Waals surface area contributed by atoms with Gasteiger partial charge in [-0.15, -0.1) is 11.3 Å². The van der Waals surface area contributed by atoms with Gasteiger partial charge in [0.15, 0.2) is 0 Å². The standard InChI is InChI=1S/C12H22N2S/c1-10-5-8-15-11(10)14(4)7-6-12(2,3)9-13/h5,8H,6-7,9,13H2,1-4H3. The number of nitrogens with zero attached hydrogens (tertiary/aromatic N) is 1. The van der Waals surface area contributed by atoms with E-state index in [9.17, 15) is 0 Å². The maximum Gasteiger partial charge on any atom is 0.0935 e. The average molecular weight is 226 g/mol. The summed E-state index contributed by atoms with van der Waals surface area (Å²) in [5.41, 5.74) is 7.34. The fourth-order valence-electron chi connectivity index (χ4n) is 1.43. The zero-order chi connectivity index (χ0) is 11.5. The minimum Gasteiger partial charge on any atom is -0.366 e. The number of nitrogens with two attached hydrogens (primary N) is 1. The summed E-state index contributed by atoms with van der Waals surface area (Å²) in [6.07, 6.45) is 1.14. The number of thiophene rings is 1. The van der Waals surface area contributed by atoms with Crippen molar-refractivity contribution in [3.63, 3.8) is 0 Å². The van der Waals surface area contributed by atoms with Gasteiger partial charge in [0.25, 0.3) is 0 Å². The molecule has 0 aliphatic carbocycles. The van der Waals surface area contributed by atoms with Crippen molar-refractivity contribution in [3.8, 4) is 0 Å². The molecule has 0 spiro atoms. The highest BCUT2D eigenvalue weighted by molar-refractivity contribution is 7.14. The van der Waals surface area contributed by atoms with Crippen LogP contribution in [0.3, 0.4) is 0 Å². The van der Waals surface area contributed by atoms with E-state index < -0.39 is 0 Å². The lowest BCUT2D eigenvalue weighted by Crippen LogP contribution is -2.29. The van der Waals surface area contributed by atoms with Gasteiger partial charge in [-0.1, -0.05) is 13.8 Å². The number of anilines is 1. The molecule has 1 heterocycles. The molecular formula is C12H22N2S. The number of hydrogen-bond acceptors (Lipinski definition) is 3. The summed E-state index contributed by atoms with van der Waals surface area (Å²) < 4.78 is 0. The Morgan fingerprint density at radius 2 is 2.13 bits per heavy atom. The highest BCUT2D eigenvalue weighted by Crippen LogP contribution is 2.27. The monoisotopic (exact) mass is 226 g/mol. The first-order valence-electron chi connectivity index (χ1n) is 5.41. The Balaban J connectivity index is 2.50. The van der Waals surface area contributed by atoms with E-state index in [0.29, 0.717) is 0 Å². The molecule has 2 nitrogen and oxygen atoms in total. The van der Waals surface area contributed by atoms with Crippen molar-refractivity contribution in [2.24, 2.45) is 11.1 Å². The second-order valence-corrected chi connectivity index (χ2v) is 5.84. The van der Waals surface area contributed by atoms with Gasteiger partial charge in [-0.3, -0.25) is 0 Å². The van der Waals surface area contributed by atoms with Gasteiger partial charge in [-0.2, -0.15) is 0 Å². The third-order valence-corrected chi connectivity index (χ3v) is 3.99. The van der Waals surface area contributed by atoms with Gasteiger partial charge in [0, 0.05) is 13.6 Å². The molecule has 0 saturated heterocycles. The first-order chi connectivity index (χ1) is 6.96. The summed E-state index contributed by atoms with van der Waals surface area (Å²) in [4.78, 5) is 2.33. The Morgan fingerprint density at radius 1 is 1.47 bits per heavy atom. The van der Waals surface area contributed by atoms with E-state index in [0.717, 1.165) is 19.5 Å². The molecule has 0 aliphatic rings. The van der Waals surface area contributed by atoms with Crippen LogP contribution in [0.25, 0.3) is 0 Å². The quantitative estimate of drug-likeness (QED) is 0.836. The molecule has 1 aromatic heterocycles. The molecule has 1 aromatic rings. The van der Waals surface area contributed by atoms with Crippen LogP contribution in [0.1, 0.15) is 25.8 Å².